The molecule has 3 unspecified atom stereocenters. The summed E-state index contributed by atoms with van der Waals surface area (Å²) in [7, 11) is 0. The van der Waals surface area contributed by atoms with Gasteiger partial charge in [0.05, 0.1) is 5.92 Å². The lowest BCUT2D eigenvalue weighted by Gasteiger charge is -2.47. The van der Waals surface area contributed by atoms with Gasteiger partial charge in [-0.15, -0.1) is 0 Å². The molecular weight excluding hydrogens is 444 g/mol. The maximum absolute atomic E-state index is 13.0. The lowest BCUT2D eigenvalue weighted by molar-refractivity contribution is -0.167. The van der Waals surface area contributed by atoms with E-state index < -0.39 is 36.0 Å². The molecule has 4 amide bonds. The Morgan fingerprint density at radius 2 is 1.71 bits per heavy atom. The van der Waals surface area contributed by atoms with Crippen LogP contribution in [-0.2, 0) is 14.3 Å². The summed E-state index contributed by atoms with van der Waals surface area (Å²) < 4.78 is 5.42. The number of nitrogens with one attached hydrogen (secondary N) is 1. The van der Waals surface area contributed by atoms with E-state index in [0.29, 0.717) is 19.5 Å². The fraction of sp³-hybridized carbons (Fsp3) is 0.773. The highest BCUT2D eigenvalue weighted by molar-refractivity contribution is 6.07. The number of carboxylic acid groups (broad SMARTS) is 1. The van der Waals surface area contributed by atoms with E-state index in [0.717, 1.165) is 17.7 Å². The Balaban J connectivity index is 1.56. The van der Waals surface area contributed by atoms with Gasteiger partial charge in [0.25, 0.3) is 0 Å². The minimum atomic E-state index is -1.21. The van der Waals surface area contributed by atoms with Gasteiger partial charge in [-0.05, 0) is 38.0 Å². The molecule has 34 heavy (non-hydrogen) atoms. The van der Waals surface area contributed by atoms with Gasteiger partial charge in [0.2, 0.25) is 5.91 Å². The largest absolute Gasteiger partial charge is 0.480 e. The Bertz CT molecular complexity index is 827. The van der Waals surface area contributed by atoms with Gasteiger partial charge in [0.1, 0.15) is 6.10 Å². The van der Waals surface area contributed by atoms with Gasteiger partial charge in [-0.3, -0.25) is 10.2 Å². The number of nitrogens with two attached hydrogens (primary N) is 1. The summed E-state index contributed by atoms with van der Waals surface area (Å²) in [6.07, 6.45) is 1.31. The van der Waals surface area contributed by atoms with Gasteiger partial charge in [-0.2, -0.15) is 0 Å². The van der Waals surface area contributed by atoms with Crippen LogP contribution in [0, 0.1) is 23.2 Å². The number of imide groups is 1. The fourth-order valence-electron chi connectivity index (χ4n) is 4.71. The van der Waals surface area contributed by atoms with Crippen molar-refractivity contribution < 1.29 is 29.0 Å². The summed E-state index contributed by atoms with van der Waals surface area (Å²) in [6, 6.07) is -1.84. The maximum Gasteiger partial charge on any atom is 0.410 e. The molecule has 0 saturated carbocycles. The van der Waals surface area contributed by atoms with E-state index >= 15 is 0 Å². The van der Waals surface area contributed by atoms with E-state index in [-0.39, 0.29) is 50.1 Å². The van der Waals surface area contributed by atoms with E-state index in [2.05, 4.69) is 0 Å². The van der Waals surface area contributed by atoms with Crippen LogP contribution in [0.1, 0.15) is 40.0 Å². The van der Waals surface area contributed by atoms with E-state index in [4.69, 9.17) is 15.9 Å². The molecule has 0 aromatic carbocycles. The molecule has 0 aliphatic carbocycles. The first-order chi connectivity index (χ1) is 16.0. The molecule has 3 rings (SSSR count). The summed E-state index contributed by atoms with van der Waals surface area (Å²) in [6.45, 7) is 7.81. The molecule has 0 bridgehead atoms. The molecule has 12 nitrogen and oxygen atoms in total. The number of carbonyl (C=O) groups excluding carboxylic acids is 3. The summed E-state index contributed by atoms with van der Waals surface area (Å²) in [5, 5.41) is 17.4. The number of hydrogen-bond donors (Lipinski definition) is 3. The van der Waals surface area contributed by atoms with Crippen molar-refractivity contribution in [3.05, 3.63) is 0 Å². The van der Waals surface area contributed by atoms with E-state index in [9.17, 15) is 24.3 Å². The third kappa shape index (κ3) is 5.36. The van der Waals surface area contributed by atoms with Gasteiger partial charge < -0.3 is 30.3 Å². The Kier molecular flexibility index (Phi) is 7.88. The zero-order valence-corrected chi connectivity index (χ0v) is 20.1. The number of guanidine groups is 1. The van der Waals surface area contributed by atoms with Crippen LogP contribution in [0.4, 0.5) is 9.59 Å². The monoisotopic (exact) mass is 480 g/mol. The molecule has 4 N–H and O–H groups in total. The van der Waals surface area contributed by atoms with Crippen LogP contribution in [0.5, 0.6) is 0 Å². The second-order valence-corrected chi connectivity index (χ2v) is 9.76. The first-order valence-corrected chi connectivity index (χ1v) is 11.9. The van der Waals surface area contributed by atoms with Crippen molar-refractivity contribution in [1.82, 2.24) is 19.6 Å². The first-order valence-electron chi connectivity index (χ1n) is 11.9. The molecule has 0 spiro atoms. The molecule has 3 fully saturated rings. The Morgan fingerprint density at radius 3 is 2.26 bits per heavy atom. The van der Waals surface area contributed by atoms with Gasteiger partial charge in [0, 0.05) is 39.3 Å². The molecule has 3 heterocycles. The highest BCUT2D eigenvalue weighted by Crippen LogP contribution is 2.36. The second kappa shape index (κ2) is 10.5. The minimum Gasteiger partial charge on any atom is -0.480 e. The number of piperazine rings is 1. The topological polar surface area (TPSA) is 161 Å². The molecule has 3 aliphatic heterocycles. The Hall–Kier alpha value is -3.05. The van der Waals surface area contributed by atoms with Crippen LogP contribution in [0.2, 0.25) is 0 Å². The van der Waals surface area contributed by atoms with Crippen LogP contribution in [0.3, 0.4) is 0 Å². The number of β-lactam (4-membered cyclic amide) rings is 1. The summed E-state index contributed by atoms with van der Waals surface area (Å²) in [4.78, 5) is 55.6. The molecule has 3 saturated heterocycles. The predicted molar refractivity (Wildman–Crippen MR) is 122 cm³/mol. The van der Waals surface area contributed by atoms with Crippen LogP contribution in [-0.4, -0.2) is 106 Å². The number of likely N-dealkylation sites (tertiary alicyclic amines) is 2. The fourth-order valence-corrected chi connectivity index (χ4v) is 4.71. The van der Waals surface area contributed by atoms with Crippen LogP contribution in [0.25, 0.3) is 0 Å². The third-order valence-corrected chi connectivity index (χ3v) is 7.15. The van der Waals surface area contributed by atoms with Crippen molar-refractivity contribution in [3.8, 4) is 0 Å². The normalized spacial score (nSPS) is 26.2. The lowest BCUT2D eigenvalue weighted by atomic mass is 9.78. The Morgan fingerprint density at radius 1 is 1.09 bits per heavy atom. The van der Waals surface area contributed by atoms with E-state index in [1.165, 1.54) is 9.80 Å². The molecule has 190 valence electrons. The minimum absolute atomic E-state index is 0.0297. The average Bonchev–Trinajstić information content (AvgIpc) is 2.80. The number of amides is 4. The van der Waals surface area contributed by atoms with Crippen molar-refractivity contribution in [3.63, 3.8) is 0 Å². The van der Waals surface area contributed by atoms with Crippen molar-refractivity contribution in [2.75, 3.05) is 39.3 Å². The number of rotatable bonds is 5. The van der Waals surface area contributed by atoms with E-state index in [1.807, 2.05) is 20.8 Å². The SMILES string of the molecule is CC(C)C(C)OC(=O)N1CCN(C(=O)N2C(=O)[C@H](CC3CCCN(C(=N)N)C3)C2C(=O)O)CC1. The number of aliphatic carboxylic acids is 1. The van der Waals surface area contributed by atoms with Crippen molar-refractivity contribution in [2.24, 2.45) is 23.5 Å². The molecule has 4 atom stereocenters. The van der Waals surface area contributed by atoms with Crippen molar-refractivity contribution in [1.29, 1.82) is 5.41 Å². The third-order valence-electron chi connectivity index (χ3n) is 7.15. The molecule has 12 heteroatoms. The summed E-state index contributed by atoms with van der Waals surface area (Å²) in [5.74, 6) is -2.27. The van der Waals surface area contributed by atoms with E-state index in [1.54, 1.807) is 4.90 Å². The average molecular weight is 481 g/mol. The zero-order valence-electron chi connectivity index (χ0n) is 20.1. The lowest BCUT2D eigenvalue weighted by Crippen LogP contribution is -2.70. The van der Waals surface area contributed by atoms with Gasteiger partial charge >= 0.3 is 18.1 Å². The number of ether oxygens (including phenoxy) is 1. The molecule has 0 aromatic heterocycles. The van der Waals surface area contributed by atoms with Gasteiger partial charge in [-0.1, -0.05) is 13.8 Å². The maximum atomic E-state index is 13.0. The van der Waals surface area contributed by atoms with Crippen LogP contribution >= 0.6 is 0 Å². The second-order valence-electron chi connectivity index (χ2n) is 9.76. The Labute approximate surface area is 199 Å². The highest BCUT2D eigenvalue weighted by Gasteiger charge is 2.56. The summed E-state index contributed by atoms with van der Waals surface area (Å²) >= 11 is 0. The first kappa shape index (κ1) is 25.6. The highest BCUT2D eigenvalue weighted by atomic mass is 16.6. The van der Waals surface area contributed by atoms with Gasteiger partial charge in [0.15, 0.2) is 12.0 Å². The zero-order chi connectivity index (χ0) is 25.2. The number of nitrogens with zero attached hydrogens (tertiary/aromatic N) is 4. The van der Waals surface area contributed by atoms with Crippen LogP contribution in [0.15, 0.2) is 0 Å². The molecule has 0 radical (unpaired) electrons. The standard InChI is InChI=1S/C22H36N6O6/c1-13(2)14(3)34-22(33)26-9-7-25(8-10-26)21(32)28-17(19(30)31)16(18(28)29)11-15-5-4-6-27(12-15)20(23)24/h13-17H,4-12H2,1-3H3,(H3,23,24)(H,30,31)/t14?,15?,16-,17?/m1/s1. The molecular formula is C22H36N6O6. The number of piperidine rings is 1. The number of hydrogen-bond acceptors (Lipinski definition) is 6. The van der Waals surface area contributed by atoms with Gasteiger partial charge in [-0.25, -0.2) is 19.3 Å². The van der Waals surface area contributed by atoms with Crippen LogP contribution < -0.4 is 5.73 Å². The molecule has 0 aromatic rings. The molecule has 3 aliphatic rings. The number of urea groups is 1. The number of carboxylic acids is 1. The predicted octanol–water partition coefficient (Wildman–Crippen LogP) is 0.812. The van der Waals surface area contributed by atoms with Crippen molar-refractivity contribution in [2.45, 2.75) is 52.2 Å². The van der Waals surface area contributed by atoms with Crippen molar-refractivity contribution >= 4 is 30.0 Å². The smallest absolute Gasteiger partial charge is 0.410 e. The quantitative estimate of drug-likeness (QED) is 0.296. The number of carbonyl (C=O) groups is 4. The summed E-state index contributed by atoms with van der Waals surface area (Å²) in [5.41, 5.74) is 5.58.